The molecule has 5 nitrogen and oxygen atoms in total. The highest BCUT2D eigenvalue weighted by Gasteiger charge is 2.40. The first-order valence-corrected chi connectivity index (χ1v) is 17.2. The van der Waals surface area contributed by atoms with E-state index in [1.54, 1.807) is 0 Å². The molecule has 0 aliphatic carbocycles. The lowest BCUT2D eigenvalue weighted by Crippen LogP contribution is -2.57. The molecule has 238 valence electrons. The smallest absolute Gasteiger partial charge is 0.260 e. The molecule has 6 heteroatoms. The molecule has 0 radical (unpaired) electrons. The Morgan fingerprint density at radius 3 is 2.06 bits per heavy atom. The third-order valence-electron chi connectivity index (χ3n) is 10.4. The van der Waals surface area contributed by atoms with Crippen molar-refractivity contribution in [3.63, 3.8) is 0 Å². The molecule has 9 aromatic rings. The van der Waals surface area contributed by atoms with E-state index in [1.807, 2.05) is 30.6 Å². The van der Waals surface area contributed by atoms with Crippen LogP contribution in [0.5, 0.6) is 23.0 Å². The van der Waals surface area contributed by atoms with E-state index in [9.17, 15) is 0 Å². The van der Waals surface area contributed by atoms with Crippen LogP contribution >= 0.6 is 0 Å². The molecular weight excluding hydrogens is 625 g/mol. The van der Waals surface area contributed by atoms with Gasteiger partial charge >= 0.3 is 0 Å². The van der Waals surface area contributed by atoms with Crippen molar-refractivity contribution in [3.8, 4) is 28.7 Å². The first kappa shape index (κ1) is 28.1. The van der Waals surface area contributed by atoms with Crippen molar-refractivity contribution in [2.24, 2.45) is 0 Å². The number of pyridine rings is 1. The minimum absolute atomic E-state index is 0.0143. The summed E-state index contributed by atoms with van der Waals surface area (Å²) in [6.07, 6.45) is 3.90. The highest BCUT2D eigenvalue weighted by Crippen LogP contribution is 2.43. The minimum Gasteiger partial charge on any atom is -0.458 e. The summed E-state index contributed by atoms with van der Waals surface area (Å²) >= 11 is 0. The van der Waals surface area contributed by atoms with Crippen molar-refractivity contribution in [1.29, 1.82) is 0 Å². The zero-order chi connectivity index (χ0) is 33.5. The molecule has 4 heterocycles. The van der Waals surface area contributed by atoms with Gasteiger partial charge in [-0.25, -0.2) is 0 Å². The van der Waals surface area contributed by atoms with E-state index in [2.05, 4.69) is 154 Å². The average molecular weight is 654 g/mol. The molecule has 2 aliphatic rings. The van der Waals surface area contributed by atoms with Crippen LogP contribution in [0.3, 0.4) is 0 Å². The number of nitrogens with zero attached hydrogens (tertiary/aromatic N) is 3. The molecule has 0 saturated heterocycles. The lowest BCUT2D eigenvalue weighted by molar-refractivity contribution is 0.465. The van der Waals surface area contributed by atoms with E-state index < -0.39 is 0 Å². The standard InChI is InChI=1S/C45H28BN3O2/c1-3-13-30(14-4-1)48(40-28-47-27-29-12-7-8-17-33(29)40)32-22-23-34-35-25-44-37(26-39(35)49(38(34)24-32)31-15-5-2-6-16-31)46-36-18-9-10-19-41(36)50-42-20-11-21-43(51-44)45(42)46/h1-28H. The summed E-state index contributed by atoms with van der Waals surface area (Å²) in [5, 5.41) is 4.53. The molecule has 0 amide bonds. The molecule has 0 atom stereocenters. The molecule has 7 aromatic carbocycles. The summed E-state index contributed by atoms with van der Waals surface area (Å²) in [5.74, 6) is 3.45. The van der Waals surface area contributed by atoms with Crippen molar-refractivity contribution >= 4 is 72.7 Å². The first-order valence-electron chi connectivity index (χ1n) is 17.2. The lowest BCUT2D eigenvalue weighted by Gasteiger charge is -2.32. The molecule has 0 unspecified atom stereocenters. The van der Waals surface area contributed by atoms with Crippen molar-refractivity contribution in [1.82, 2.24) is 9.55 Å². The van der Waals surface area contributed by atoms with Crippen LogP contribution < -0.4 is 30.8 Å². The van der Waals surface area contributed by atoms with Crippen LogP contribution in [0.4, 0.5) is 17.1 Å². The average Bonchev–Trinajstić information content (AvgIpc) is 3.50. The summed E-state index contributed by atoms with van der Waals surface area (Å²) in [6, 6.07) is 55.5. The number of hydrogen-bond donors (Lipinski definition) is 0. The van der Waals surface area contributed by atoms with Gasteiger partial charge in [0.05, 0.1) is 22.9 Å². The summed E-state index contributed by atoms with van der Waals surface area (Å²) in [5.41, 5.74) is 9.81. The highest BCUT2D eigenvalue weighted by atomic mass is 16.5. The highest BCUT2D eigenvalue weighted by molar-refractivity contribution is 6.98. The zero-order valence-corrected chi connectivity index (χ0v) is 27.4. The number of rotatable bonds is 4. The molecule has 2 aromatic heterocycles. The SMILES string of the molecule is c1ccc(N(c2ccc3c4cc5c(cc4n(-c4ccccc4)c3c2)B2c3ccccc3Oc3cccc(c32)O5)c2cncc3ccccc23)cc1. The van der Waals surface area contributed by atoms with E-state index in [4.69, 9.17) is 9.47 Å². The van der Waals surface area contributed by atoms with E-state index in [0.29, 0.717) is 0 Å². The van der Waals surface area contributed by atoms with Gasteiger partial charge in [0.25, 0.3) is 6.71 Å². The number of fused-ring (bicyclic) bond motifs is 8. The number of para-hydroxylation sites is 3. The maximum absolute atomic E-state index is 6.73. The van der Waals surface area contributed by atoms with E-state index >= 15 is 0 Å². The summed E-state index contributed by atoms with van der Waals surface area (Å²) in [7, 11) is 0. The van der Waals surface area contributed by atoms with Crippen LogP contribution in [-0.4, -0.2) is 16.3 Å². The fourth-order valence-electron chi connectivity index (χ4n) is 8.15. The van der Waals surface area contributed by atoms with Crippen LogP contribution in [0.1, 0.15) is 0 Å². The number of ether oxygens (including phenoxy) is 2. The molecule has 0 fully saturated rings. The quantitative estimate of drug-likeness (QED) is 0.178. The Kier molecular flexibility index (Phi) is 5.98. The Balaban J connectivity index is 1.19. The molecule has 0 saturated carbocycles. The fourth-order valence-corrected chi connectivity index (χ4v) is 8.15. The van der Waals surface area contributed by atoms with Crippen LogP contribution in [0.25, 0.3) is 38.3 Å². The molecular formula is C45H28BN3O2. The van der Waals surface area contributed by atoms with Gasteiger partial charge in [-0.1, -0.05) is 91.0 Å². The third-order valence-corrected chi connectivity index (χ3v) is 10.4. The van der Waals surface area contributed by atoms with Gasteiger partial charge in [-0.3, -0.25) is 4.98 Å². The van der Waals surface area contributed by atoms with Gasteiger partial charge in [0.15, 0.2) is 0 Å². The summed E-state index contributed by atoms with van der Waals surface area (Å²) in [4.78, 5) is 6.99. The van der Waals surface area contributed by atoms with Crippen LogP contribution in [0.15, 0.2) is 170 Å². The Labute approximate surface area is 294 Å². The fraction of sp³-hybridized carbons (Fsp3) is 0. The van der Waals surface area contributed by atoms with Crippen LogP contribution in [0, 0.1) is 0 Å². The number of benzene rings is 7. The maximum Gasteiger partial charge on any atom is 0.260 e. The second-order valence-electron chi connectivity index (χ2n) is 13.2. The summed E-state index contributed by atoms with van der Waals surface area (Å²) < 4.78 is 15.5. The lowest BCUT2D eigenvalue weighted by atomic mass is 9.35. The number of hydrogen-bond acceptors (Lipinski definition) is 4. The Hall–Kier alpha value is -6.79. The van der Waals surface area contributed by atoms with Gasteiger partial charge in [-0.05, 0) is 77.7 Å². The van der Waals surface area contributed by atoms with Crippen molar-refractivity contribution in [2.45, 2.75) is 0 Å². The van der Waals surface area contributed by atoms with Crippen LogP contribution in [-0.2, 0) is 0 Å². The second-order valence-corrected chi connectivity index (χ2v) is 13.2. The molecule has 0 spiro atoms. The third kappa shape index (κ3) is 4.20. The van der Waals surface area contributed by atoms with E-state index in [0.717, 1.165) is 94.7 Å². The Bertz CT molecular complexity index is 2830. The maximum atomic E-state index is 6.73. The monoisotopic (exact) mass is 653 g/mol. The van der Waals surface area contributed by atoms with Gasteiger partial charge in [-0.2, -0.15) is 0 Å². The van der Waals surface area contributed by atoms with E-state index in [-0.39, 0.29) is 6.71 Å². The molecule has 2 aliphatic heterocycles. The molecule has 0 bridgehead atoms. The molecule has 51 heavy (non-hydrogen) atoms. The van der Waals surface area contributed by atoms with Gasteiger partial charge in [-0.15, -0.1) is 0 Å². The molecule has 11 rings (SSSR count). The molecule has 0 N–H and O–H groups in total. The number of aromatic nitrogens is 2. The van der Waals surface area contributed by atoms with Crippen LogP contribution in [0.2, 0.25) is 0 Å². The van der Waals surface area contributed by atoms with E-state index in [1.165, 1.54) is 0 Å². The van der Waals surface area contributed by atoms with Gasteiger partial charge in [0.2, 0.25) is 0 Å². The van der Waals surface area contributed by atoms with Gasteiger partial charge in [0.1, 0.15) is 23.0 Å². The Morgan fingerprint density at radius 1 is 0.490 bits per heavy atom. The number of anilines is 3. The normalized spacial score (nSPS) is 12.6. The van der Waals surface area contributed by atoms with Crippen molar-refractivity contribution < 1.29 is 9.47 Å². The van der Waals surface area contributed by atoms with Crippen molar-refractivity contribution in [2.75, 3.05) is 4.90 Å². The van der Waals surface area contributed by atoms with Gasteiger partial charge < -0.3 is 18.9 Å². The first-order chi connectivity index (χ1) is 25.3. The predicted molar refractivity (Wildman–Crippen MR) is 208 cm³/mol. The zero-order valence-electron chi connectivity index (χ0n) is 27.4. The Morgan fingerprint density at radius 2 is 1.20 bits per heavy atom. The summed E-state index contributed by atoms with van der Waals surface area (Å²) in [6.45, 7) is -0.0143. The van der Waals surface area contributed by atoms with Gasteiger partial charge in [0, 0.05) is 50.3 Å². The van der Waals surface area contributed by atoms with Crippen molar-refractivity contribution in [3.05, 3.63) is 170 Å². The largest absolute Gasteiger partial charge is 0.458 e. The second kappa shape index (κ2) is 10.9. The predicted octanol–water partition coefficient (Wildman–Crippen LogP) is 9.53. The topological polar surface area (TPSA) is 39.5 Å². The minimum atomic E-state index is -0.0143.